The lowest BCUT2D eigenvalue weighted by Gasteiger charge is -2.04. The maximum absolute atomic E-state index is 10.8. The molecule has 0 bridgehead atoms. The second-order valence-corrected chi connectivity index (χ2v) is 3.23. The molecular weight excluding hydrogens is 184 g/mol. The minimum atomic E-state index is -1.10. The summed E-state index contributed by atoms with van der Waals surface area (Å²) in [7, 11) is 1.38. The van der Waals surface area contributed by atoms with E-state index in [2.05, 4.69) is 9.97 Å². The number of carboxylic acid groups (broad SMARTS) is 1. The number of hydrogen-bond donors (Lipinski definition) is 1. The quantitative estimate of drug-likeness (QED) is 0.778. The number of nitrogens with zero attached hydrogens (tertiary/aromatic N) is 2. The Kier molecular flexibility index (Phi) is 2.07. The van der Waals surface area contributed by atoms with E-state index < -0.39 is 5.97 Å². The lowest BCUT2D eigenvalue weighted by molar-refractivity contribution is 0.0685. The zero-order valence-corrected chi connectivity index (χ0v) is 7.73. The molecule has 5 nitrogen and oxygen atoms in total. The van der Waals surface area contributed by atoms with Crippen molar-refractivity contribution in [2.75, 3.05) is 7.11 Å². The standard InChI is InChI=1S/C9H10N2O3/c1-14-8-7(9(12)13)11-6(4-10-8)5-2-3-5/h4-5H,2-3H2,1H3,(H,12,13). The minimum absolute atomic E-state index is 0.0712. The fourth-order valence-corrected chi connectivity index (χ4v) is 1.26. The first-order valence-electron chi connectivity index (χ1n) is 4.36. The third-order valence-electron chi connectivity index (χ3n) is 2.15. The molecule has 1 aliphatic rings. The highest BCUT2D eigenvalue weighted by molar-refractivity contribution is 5.87. The third kappa shape index (κ3) is 1.53. The highest BCUT2D eigenvalue weighted by Crippen LogP contribution is 2.39. The molecule has 1 saturated carbocycles. The molecule has 1 fully saturated rings. The van der Waals surface area contributed by atoms with Gasteiger partial charge in [-0.25, -0.2) is 14.8 Å². The maximum atomic E-state index is 10.8. The smallest absolute Gasteiger partial charge is 0.360 e. The first-order chi connectivity index (χ1) is 6.72. The van der Waals surface area contributed by atoms with Crippen LogP contribution < -0.4 is 4.74 Å². The van der Waals surface area contributed by atoms with E-state index in [9.17, 15) is 4.79 Å². The zero-order valence-electron chi connectivity index (χ0n) is 7.73. The summed E-state index contributed by atoms with van der Waals surface area (Å²) in [6.07, 6.45) is 3.73. The Hall–Kier alpha value is -1.65. The van der Waals surface area contributed by atoms with Crippen molar-refractivity contribution >= 4 is 5.97 Å². The van der Waals surface area contributed by atoms with Crippen LogP contribution >= 0.6 is 0 Å². The Morgan fingerprint density at radius 2 is 2.36 bits per heavy atom. The van der Waals surface area contributed by atoms with E-state index >= 15 is 0 Å². The van der Waals surface area contributed by atoms with Crippen LogP contribution in [0.2, 0.25) is 0 Å². The molecule has 0 amide bonds. The van der Waals surface area contributed by atoms with Gasteiger partial charge in [-0.2, -0.15) is 0 Å². The van der Waals surface area contributed by atoms with Gasteiger partial charge in [0.2, 0.25) is 11.6 Å². The predicted molar refractivity (Wildman–Crippen MR) is 47.5 cm³/mol. The van der Waals surface area contributed by atoms with Crippen molar-refractivity contribution in [3.8, 4) is 5.88 Å². The first kappa shape index (κ1) is 8.93. The topological polar surface area (TPSA) is 72.3 Å². The van der Waals surface area contributed by atoms with Gasteiger partial charge in [-0.3, -0.25) is 0 Å². The number of methoxy groups -OCH3 is 1. The Morgan fingerprint density at radius 3 is 2.86 bits per heavy atom. The average Bonchev–Trinajstić information content (AvgIpc) is 3.00. The normalized spacial score (nSPS) is 15.2. The lowest BCUT2D eigenvalue weighted by Crippen LogP contribution is -2.07. The van der Waals surface area contributed by atoms with E-state index in [-0.39, 0.29) is 11.6 Å². The fourth-order valence-electron chi connectivity index (χ4n) is 1.26. The van der Waals surface area contributed by atoms with Gasteiger partial charge in [-0.15, -0.1) is 0 Å². The largest absolute Gasteiger partial charge is 0.479 e. The van der Waals surface area contributed by atoms with Crippen molar-refractivity contribution in [3.63, 3.8) is 0 Å². The molecule has 0 aliphatic heterocycles. The van der Waals surface area contributed by atoms with Crippen molar-refractivity contribution < 1.29 is 14.6 Å². The Bertz CT molecular complexity index is 374. The van der Waals surface area contributed by atoms with Gasteiger partial charge >= 0.3 is 5.97 Å². The van der Waals surface area contributed by atoms with E-state index in [0.717, 1.165) is 18.5 Å². The molecular formula is C9H10N2O3. The summed E-state index contributed by atoms with van der Waals surface area (Å²) >= 11 is 0. The molecule has 1 aliphatic carbocycles. The van der Waals surface area contributed by atoms with Gasteiger partial charge in [-0.1, -0.05) is 0 Å². The van der Waals surface area contributed by atoms with Gasteiger partial charge in [0.25, 0.3) is 0 Å². The Labute approximate surface area is 80.8 Å². The van der Waals surface area contributed by atoms with E-state index in [1.165, 1.54) is 7.11 Å². The summed E-state index contributed by atoms with van der Waals surface area (Å²) in [6, 6.07) is 0. The fraction of sp³-hybridized carbons (Fsp3) is 0.444. The number of aromatic nitrogens is 2. The van der Waals surface area contributed by atoms with Crippen LogP contribution in [0.4, 0.5) is 0 Å². The van der Waals surface area contributed by atoms with Crippen molar-refractivity contribution in [1.82, 2.24) is 9.97 Å². The molecule has 1 aromatic heterocycles. The molecule has 0 aromatic carbocycles. The number of hydrogen-bond acceptors (Lipinski definition) is 4. The molecule has 2 rings (SSSR count). The molecule has 1 N–H and O–H groups in total. The average molecular weight is 194 g/mol. The van der Waals surface area contributed by atoms with Crippen LogP contribution in [-0.4, -0.2) is 28.2 Å². The Morgan fingerprint density at radius 1 is 1.64 bits per heavy atom. The molecule has 0 atom stereocenters. The highest BCUT2D eigenvalue weighted by Gasteiger charge is 2.27. The molecule has 74 valence electrons. The molecule has 0 radical (unpaired) electrons. The summed E-state index contributed by atoms with van der Waals surface area (Å²) < 4.78 is 4.81. The van der Waals surface area contributed by atoms with E-state index in [4.69, 9.17) is 9.84 Å². The minimum Gasteiger partial charge on any atom is -0.479 e. The molecule has 0 saturated heterocycles. The summed E-state index contributed by atoms with van der Waals surface area (Å²) in [6.45, 7) is 0. The molecule has 14 heavy (non-hydrogen) atoms. The zero-order chi connectivity index (χ0) is 10.1. The van der Waals surface area contributed by atoms with Crippen LogP contribution in [0.15, 0.2) is 6.20 Å². The van der Waals surface area contributed by atoms with Gasteiger partial charge in [0.15, 0.2) is 0 Å². The maximum Gasteiger partial charge on any atom is 0.360 e. The van der Waals surface area contributed by atoms with Crippen LogP contribution in [-0.2, 0) is 0 Å². The van der Waals surface area contributed by atoms with E-state index in [1.54, 1.807) is 6.20 Å². The summed E-state index contributed by atoms with van der Waals surface area (Å²) in [5.41, 5.74) is 0.653. The number of ether oxygens (including phenoxy) is 1. The molecule has 0 spiro atoms. The van der Waals surface area contributed by atoms with Crippen molar-refractivity contribution in [2.24, 2.45) is 0 Å². The van der Waals surface area contributed by atoms with Crippen LogP contribution in [0.5, 0.6) is 5.88 Å². The highest BCUT2D eigenvalue weighted by atomic mass is 16.5. The second kappa shape index (κ2) is 3.25. The predicted octanol–water partition coefficient (Wildman–Crippen LogP) is 1.06. The van der Waals surface area contributed by atoms with Gasteiger partial charge in [0, 0.05) is 5.92 Å². The number of rotatable bonds is 3. The first-order valence-corrected chi connectivity index (χ1v) is 4.36. The summed E-state index contributed by atoms with van der Waals surface area (Å²) in [5, 5.41) is 8.84. The third-order valence-corrected chi connectivity index (χ3v) is 2.15. The van der Waals surface area contributed by atoms with Crippen LogP contribution in [0, 0.1) is 0 Å². The number of carboxylic acids is 1. The van der Waals surface area contributed by atoms with Crippen LogP contribution in [0.1, 0.15) is 34.9 Å². The SMILES string of the molecule is COc1ncc(C2CC2)nc1C(=O)O. The van der Waals surface area contributed by atoms with Gasteiger partial charge in [0.1, 0.15) is 0 Å². The molecule has 5 heteroatoms. The number of carbonyl (C=O) groups is 1. The van der Waals surface area contributed by atoms with E-state index in [0.29, 0.717) is 5.92 Å². The van der Waals surface area contributed by atoms with Crippen molar-refractivity contribution in [2.45, 2.75) is 18.8 Å². The van der Waals surface area contributed by atoms with Crippen LogP contribution in [0.3, 0.4) is 0 Å². The van der Waals surface area contributed by atoms with Gasteiger partial charge in [-0.05, 0) is 12.8 Å². The summed E-state index contributed by atoms with van der Waals surface area (Å²) in [4.78, 5) is 18.7. The van der Waals surface area contributed by atoms with Crippen LogP contribution in [0.25, 0.3) is 0 Å². The van der Waals surface area contributed by atoms with Crippen molar-refractivity contribution in [3.05, 3.63) is 17.6 Å². The monoisotopic (exact) mass is 194 g/mol. The Balaban J connectivity index is 2.40. The molecule has 1 aromatic rings. The molecule has 1 heterocycles. The van der Waals surface area contributed by atoms with Gasteiger partial charge < -0.3 is 9.84 Å². The summed E-state index contributed by atoms with van der Waals surface area (Å²) in [5.74, 6) is -0.634. The lowest BCUT2D eigenvalue weighted by atomic mass is 10.3. The second-order valence-electron chi connectivity index (χ2n) is 3.23. The van der Waals surface area contributed by atoms with Gasteiger partial charge in [0.05, 0.1) is 19.0 Å². The van der Waals surface area contributed by atoms with Crippen molar-refractivity contribution in [1.29, 1.82) is 0 Å². The van der Waals surface area contributed by atoms with E-state index in [1.807, 2.05) is 0 Å². The molecule has 0 unspecified atom stereocenters. The number of aromatic carboxylic acids is 1.